The van der Waals surface area contributed by atoms with E-state index in [1.165, 1.54) is 16.7 Å². The highest BCUT2D eigenvalue weighted by Gasteiger charge is 2.25. The molecular formula is C25H17F3N2O4. The van der Waals surface area contributed by atoms with Gasteiger partial charge < -0.3 is 19.7 Å². The molecule has 9 heteroatoms. The van der Waals surface area contributed by atoms with Crippen molar-refractivity contribution in [3.05, 3.63) is 93.3 Å². The van der Waals surface area contributed by atoms with Gasteiger partial charge in [0.25, 0.3) is 0 Å². The topological polar surface area (TPSA) is 80.6 Å². The fraction of sp³-hybridized carbons (Fsp3) is 0.120. The number of aromatic carboxylic acids is 1. The molecule has 0 atom stereocenters. The minimum Gasteiger partial charge on any atom is -0.477 e. The van der Waals surface area contributed by atoms with Crippen LogP contribution in [-0.4, -0.2) is 22.5 Å². The lowest BCUT2D eigenvalue weighted by Gasteiger charge is -2.19. The van der Waals surface area contributed by atoms with Gasteiger partial charge in [0.15, 0.2) is 5.75 Å². The van der Waals surface area contributed by atoms with E-state index in [-0.39, 0.29) is 27.9 Å². The van der Waals surface area contributed by atoms with E-state index >= 15 is 4.39 Å². The molecule has 4 aromatic rings. The van der Waals surface area contributed by atoms with Crippen LogP contribution in [0.4, 0.5) is 13.2 Å². The van der Waals surface area contributed by atoms with E-state index in [2.05, 4.69) is 5.32 Å². The van der Waals surface area contributed by atoms with Crippen molar-refractivity contribution < 1.29 is 27.8 Å². The number of hydrogen-bond donors (Lipinski definition) is 2. The summed E-state index contributed by atoms with van der Waals surface area (Å²) in [7, 11) is 0. The Labute approximate surface area is 190 Å². The molecule has 0 aliphatic carbocycles. The molecule has 0 radical (unpaired) electrons. The number of carboxylic acid groups (broad SMARTS) is 1. The summed E-state index contributed by atoms with van der Waals surface area (Å²) in [5.41, 5.74) is 0.992. The van der Waals surface area contributed by atoms with Crippen molar-refractivity contribution in [3.63, 3.8) is 0 Å². The van der Waals surface area contributed by atoms with Gasteiger partial charge in [-0.2, -0.15) is 0 Å². The molecule has 34 heavy (non-hydrogen) atoms. The zero-order chi connectivity index (χ0) is 24.0. The Morgan fingerprint density at radius 2 is 1.79 bits per heavy atom. The Bertz CT molecular complexity index is 1510. The first-order valence-electron chi connectivity index (χ1n) is 10.3. The summed E-state index contributed by atoms with van der Waals surface area (Å²) in [4.78, 5) is 24.7. The molecular weight excluding hydrogens is 449 g/mol. The third-order valence-electron chi connectivity index (χ3n) is 5.86. The molecule has 1 aliphatic heterocycles. The second-order valence-corrected chi connectivity index (χ2v) is 7.82. The van der Waals surface area contributed by atoms with Gasteiger partial charge in [0, 0.05) is 25.0 Å². The van der Waals surface area contributed by atoms with E-state index in [0.717, 1.165) is 35.5 Å². The molecule has 6 nitrogen and oxygen atoms in total. The lowest BCUT2D eigenvalue weighted by atomic mass is 9.97. The molecule has 0 spiro atoms. The van der Waals surface area contributed by atoms with Crippen molar-refractivity contribution in [2.75, 3.05) is 6.86 Å². The Balaban J connectivity index is 1.91. The molecule has 1 aliphatic rings. The summed E-state index contributed by atoms with van der Waals surface area (Å²) in [6.45, 7) is -0.0675. The predicted molar refractivity (Wildman–Crippen MR) is 119 cm³/mol. The number of halogens is 3. The van der Waals surface area contributed by atoms with Crippen molar-refractivity contribution in [2.45, 2.75) is 13.1 Å². The Kier molecular flexibility index (Phi) is 5.33. The maximum absolute atomic E-state index is 15.5. The van der Waals surface area contributed by atoms with Crippen LogP contribution in [0, 0.1) is 11.6 Å². The van der Waals surface area contributed by atoms with Gasteiger partial charge in [-0.05, 0) is 53.1 Å². The van der Waals surface area contributed by atoms with Crippen LogP contribution in [0.1, 0.15) is 21.5 Å². The third kappa shape index (κ3) is 3.50. The zero-order valence-electron chi connectivity index (χ0n) is 17.6. The number of benzene rings is 3. The van der Waals surface area contributed by atoms with Crippen molar-refractivity contribution >= 4 is 16.9 Å². The average Bonchev–Trinajstić information content (AvgIpc) is 3.28. The number of rotatable bonds is 5. The van der Waals surface area contributed by atoms with Gasteiger partial charge in [0.1, 0.15) is 22.7 Å². The molecule has 5 rings (SSSR count). The number of aromatic nitrogens is 1. The Morgan fingerprint density at radius 3 is 2.50 bits per heavy atom. The van der Waals surface area contributed by atoms with Gasteiger partial charge in [-0.25, -0.2) is 18.0 Å². The summed E-state index contributed by atoms with van der Waals surface area (Å²) in [6, 6.07) is 11.2. The van der Waals surface area contributed by atoms with Crippen LogP contribution in [-0.2, 0) is 13.1 Å². The minimum atomic E-state index is -1.52. The normalized spacial score (nSPS) is 12.7. The molecule has 2 heterocycles. The van der Waals surface area contributed by atoms with Gasteiger partial charge in [-0.3, -0.25) is 4.79 Å². The van der Waals surface area contributed by atoms with E-state index in [0.29, 0.717) is 18.7 Å². The first-order chi connectivity index (χ1) is 16.4. The molecule has 0 unspecified atom stereocenters. The van der Waals surface area contributed by atoms with Crippen molar-refractivity contribution in [1.82, 2.24) is 9.88 Å². The highest BCUT2D eigenvalue weighted by Crippen LogP contribution is 2.40. The second kappa shape index (κ2) is 8.35. The number of fused-ring (bicyclic) bond motifs is 2. The molecule has 2 N–H and O–H groups in total. The molecule has 0 bridgehead atoms. The number of alkyl halides is 1. The molecule has 0 saturated heterocycles. The highest BCUT2D eigenvalue weighted by atomic mass is 19.1. The molecule has 0 fully saturated rings. The first kappa shape index (κ1) is 21.7. The SMILES string of the molecule is O=C(O)c1cn(-c2ccc(F)cc2)c2c(OCF)c(-c3ccc4c(c3)CNC4)c(F)cc2c1=O. The van der Waals surface area contributed by atoms with E-state index < -0.39 is 35.5 Å². The second-order valence-electron chi connectivity index (χ2n) is 7.82. The largest absolute Gasteiger partial charge is 0.477 e. The average molecular weight is 466 g/mol. The number of nitrogens with zero attached hydrogens (tertiary/aromatic N) is 1. The zero-order valence-corrected chi connectivity index (χ0v) is 17.6. The summed E-state index contributed by atoms with van der Waals surface area (Å²) >= 11 is 0. The van der Waals surface area contributed by atoms with Crippen LogP contribution < -0.4 is 15.5 Å². The lowest BCUT2D eigenvalue weighted by Crippen LogP contribution is -2.19. The van der Waals surface area contributed by atoms with E-state index in [4.69, 9.17) is 4.74 Å². The molecule has 0 saturated carbocycles. The van der Waals surface area contributed by atoms with E-state index in [9.17, 15) is 23.5 Å². The lowest BCUT2D eigenvalue weighted by molar-refractivity contribution is 0.0695. The molecule has 3 aromatic carbocycles. The monoisotopic (exact) mass is 466 g/mol. The van der Waals surface area contributed by atoms with Crippen LogP contribution in [0.2, 0.25) is 0 Å². The maximum atomic E-state index is 15.5. The van der Waals surface area contributed by atoms with Gasteiger partial charge in [-0.15, -0.1) is 0 Å². The standard InChI is InChI=1S/C25H17F3N2O4/c26-12-34-24-21(13-1-2-14-9-29-10-15(14)7-13)20(28)8-18-22(24)30(11-19(23(18)31)25(32)33)17-5-3-16(27)4-6-17/h1-8,11,29H,9-10,12H2,(H,32,33). The van der Waals surface area contributed by atoms with Gasteiger partial charge in [-0.1, -0.05) is 12.1 Å². The van der Waals surface area contributed by atoms with Crippen LogP contribution in [0.15, 0.2) is 59.5 Å². The summed E-state index contributed by atoms with van der Waals surface area (Å²) < 4.78 is 49.1. The molecule has 172 valence electrons. The van der Waals surface area contributed by atoms with Gasteiger partial charge >= 0.3 is 5.97 Å². The van der Waals surface area contributed by atoms with Crippen LogP contribution in [0.25, 0.3) is 27.7 Å². The van der Waals surface area contributed by atoms with Crippen LogP contribution in [0.5, 0.6) is 5.75 Å². The van der Waals surface area contributed by atoms with Crippen LogP contribution >= 0.6 is 0 Å². The smallest absolute Gasteiger partial charge is 0.341 e. The third-order valence-corrected chi connectivity index (χ3v) is 5.86. The fourth-order valence-electron chi connectivity index (χ4n) is 4.30. The van der Waals surface area contributed by atoms with Crippen LogP contribution in [0.3, 0.4) is 0 Å². The fourth-order valence-corrected chi connectivity index (χ4v) is 4.30. The Morgan fingerprint density at radius 1 is 1.06 bits per heavy atom. The number of hydrogen-bond acceptors (Lipinski definition) is 4. The number of carbonyl (C=O) groups is 1. The summed E-state index contributed by atoms with van der Waals surface area (Å²) in [5.74, 6) is -3.19. The first-order valence-corrected chi connectivity index (χ1v) is 10.3. The molecule has 1 aromatic heterocycles. The Hall–Kier alpha value is -4.11. The number of ether oxygens (including phenoxy) is 1. The van der Waals surface area contributed by atoms with E-state index in [1.807, 2.05) is 6.07 Å². The highest BCUT2D eigenvalue weighted by molar-refractivity contribution is 5.98. The summed E-state index contributed by atoms with van der Waals surface area (Å²) in [5, 5.41) is 12.4. The number of carboxylic acids is 1. The van der Waals surface area contributed by atoms with Crippen molar-refractivity contribution in [1.29, 1.82) is 0 Å². The van der Waals surface area contributed by atoms with Gasteiger partial charge in [0.05, 0.1) is 10.9 Å². The van der Waals surface area contributed by atoms with Gasteiger partial charge in [0.2, 0.25) is 12.3 Å². The predicted octanol–water partition coefficient (Wildman–Crippen LogP) is 4.54. The van der Waals surface area contributed by atoms with E-state index in [1.54, 1.807) is 12.1 Å². The molecule has 0 amide bonds. The number of nitrogens with one attached hydrogen (secondary N) is 1. The van der Waals surface area contributed by atoms with Crippen molar-refractivity contribution in [3.8, 4) is 22.6 Å². The van der Waals surface area contributed by atoms with Crippen molar-refractivity contribution in [2.24, 2.45) is 0 Å². The minimum absolute atomic E-state index is 0.0331. The maximum Gasteiger partial charge on any atom is 0.341 e. The quantitative estimate of drug-likeness (QED) is 0.451. The summed E-state index contributed by atoms with van der Waals surface area (Å²) in [6.07, 6.45) is 1.04. The number of pyridine rings is 1.